The third-order valence-corrected chi connectivity index (χ3v) is 3.83. The summed E-state index contributed by atoms with van der Waals surface area (Å²) in [6.07, 6.45) is -0.649. The van der Waals surface area contributed by atoms with E-state index in [9.17, 15) is 21.4 Å². The molecule has 0 atom stereocenters. The summed E-state index contributed by atoms with van der Waals surface area (Å²) in [7, 11) is -3.11. The Labute approximate surface area is 130 Å². The van der Waals surface area contributed by atoms with Crippen LogP contribution in [0.3, 0.4) is 0 Å². The van der Waals surface area contributed by atoms with Gasteiger partial charge in [-0.2, -0.15) is 0 Å². The van der Waals surface area contributed by atoms with Crippen molar-refractivity contribution >= 4 is 16.8 Å². The summed E-state index contributed by atoms with van der Waals surface area (Å²) in [5.74, 6) is -0.145. The summed E-state index contributed by atoms with van der Waals surface area (Å²) in [5.41, 5.74) is 0. The van der Waals surface area contributed by atoms with Crippen molar-refractivity contribution in [3.05, 3.63) is 0 Å². The van der Waals surface area contributed by atoms with Crippen molar-refractivity contribution in [3.63, 3.8) is 0 Å². The van der Waals surface area contributed by atoms with Gasteiger partial charge in [0, 0.05) is 6.54 Å². The summed E-state index contributed by atoms with van der Waals surface area (Å²) < 4.78 is 58.3. The molecule has 1 rings (SSSR count). The van der Waals surface area contributed by atoms with Crippen LogP contribution in [0.2, 0.25) is 0 Å². The largest absolute Gasteiger partial charge is 1.00 e. The van der Waals surface area contributed by atoms with Gasteiger partial charge in [-0.15, -0.1) is 0 Å². The van der Waals surface area contributed by atoms with E-state index >= 15 is 0 Å². The van der Waals surface area contributed by atoms with Crippen molar-refractivity contribution in [2.45, 2.75) is 6.42 Å². The van der Waals surface area contributed by atoms with Gasteiger partial charge in [0.1, 0.15) is 0 Å². The van der Waals surface area contributed by atoms with Crippen molar-refractivity contribution in [1.29, 1.82) is 0 Å². The Bertz CT molecular complexity index is 295. The Kier molecular flexibility index (Phi) is 6.96. The van der Waals surface area contributed by atoms with E-state index in [0.29, 0.717) is 6.42 Å². The number of hydrogen-bond donors (Lipinski definition) is 0. The Morgan fingerprint density at radius 1 is 1.13 bits per heavy atom. The molecule has 3 nitrogen and oxygen atoms in total. The third-order valence-electron chi connectivity index (χ3n) is 2.11. The second-order valence-electron chi connectivity index (χ2n) is 3.52. The fraction of sp³-hybridized carbons (Fsp3) is 1.00. The number of rotatable bonds is 2. The summed E-state index contributed by atoms with van der Waals surface area (Å²) in [6, 6.07) is 0. The van der Waals surface area contributed by atoms with Crippen LogP contribution in [0.15, 0.2) is 0 Å². The minimum absolute atomic E-state index is 0. The Hall–Kier alpha value is 1.40. The van der Waals surface area contributed by atoms with Crippen LogP contribution < -0.4 is 51.4 Å². The zero-order chi connectivity index (χ0) is 10.8. The first-order chi connectivity index (χ1) is 6.29. The second kappa shape index (κ2) is 6.37. The van der Waals surface area contributed by atoms with Crippen LogP contribution >= 0.6 is 0 Å². The van der Waals surface area contributed by atoms with Gasteiger partial charge in [-0.1, -0.05) is 0 Å². The van der Waals surface area contributed by atoms with Gasteiger partial charge in [-0.05, 0) is 19.4 Å². The van der Waals surface area contributed by atoms with Gasteiger partial charge in [-0.3, -0.25) is 0 Å². The fourth-order valence-electron chi connectivity index (χ4n) is 1.47. The van der Waals surface area contributed by atoms with Crippen LogP contribution in [0.4, 0.5) is 12.9 Å². The van der Waals surface area contributed by atoms with Gasteiger partial charge in [0.2, 0.25) is 0 Å². The molecular formula is C6H12BF3KNO2S. The molecule has 1 aliphatic heterocycles. The molecule has 0 spiro atoms. The average molecular weight is 269 g/mol. The molecule has 0 amide bonds. The molecule has 0 N–H and O–H groups in total. The van der Waals surface area contributed by atoms with E-state index in [0.717, 1.165) is 0 Å². The minimum atomic E-state index is -4.85. The molecule has 1 saturated heterocycles. The average Bonchev–Trinajstić information content (AvgIpc) is 2.10. The molecule has 1 fully saturated rings. The topological polar surface area (TPSA) is 37.4 Å². The maximum Gasteiger partial charge on any atom is 1.00 e. The van der Waals surface area contributed by atoms with Gasteiger partial charge in [-0.25, -0.2) is 8.42 Å². The standard InChI is InChI=1S/C6H12BF3NO2S.K/c8-7(9,10)6-11-2-1-4-14(12,13)5-3-11;/h1-6H2;/q-1;+1. The summed E-state index contributed by atoms with van der Waals surface area (Å²) in [4.78, 5) is 1.17. The first-order valence-corrected chi connectivity index (χ1v) is 6.24. The van der Waals surface area contributed by atoms with Gasteiger partial charge < -0.3 is 17.8 Å². The van der Waals surface area contributed by atoms with Crippen molar-refractivity contribution in [3.8, 4) is 0 Å². The predicted octanol–water partition coefficient (Wildman–Crippen LogP) is -2.50. The Morgan fingerprint density at radius 2 is 1.73 bits per heavy atom. The molecule has 0 radical (unpaired) electrons. The zero-order valence-corrected chi connectivity index (χ0v) is 12.6. The first-order valence-electron chi connectivity index (χ1n) is 4.42. The molecule has 15 heavy (non-hydrogen) atoms. The summed E-state index contributed by atoms with van der Waals surface area (Å²) in [6.45, 7) is -4.62. The van der Waals surface area contributed by atoms with Crippen LogP contribution in [0.25, 0.3) is 0 Å². The van der Waals surface area contributed by atoms with Crippen LogP contribution in [0.1, 0.15) is 6.42 Å². The van der Waals surface area contributed by atoms with Crippen LogP contribution in [-0.2, 0) is 9.84 Å². The maximum absolute atomic E-state index is 12.0. The first kappa shape index (κ1) is 16.4. The normalized spacial score (nSPS) is 22.9. The molecule has 1 heterocycles. The Balaban J connectivity index is 0.00000196. The third kappa shape index (κ3) is 7.35. The van der Waals surface area contributed by atoms with Crippen molar-refractivity contribution < 1.29 is 72.7 Å². The number of nitrogens with zero attached hydrogens (tertiary/aromatic N) is 1. The number of hydrogen-bond acceptors (Lipinski definition) is 3. The predicted molar refractivity (Wildman–Crippen MR) is 48.8 cm³/mol. The van der Waals surface area contributed by atoms with E-state index in [2.05, 4.69) is 0 Å². The smallest absolute Gasteiger partial charge is 0.448 e. The summed E-state index contributed by atoms with van der Waals surface area (Å²) in [5, 5.41) is 0. The molecule has 0 unspecified atom stereocenters. The molecule has 0 aliphatic carbocycles. The molecule has 0 saturated carbocycles. The van der Waals surface area contributed by atoms with Gasteiger partial charge >= 0.3 is 58.4 Å². The van der Waals surface area contributed by atoms with Gasteiger partial charge in [0.25, 0.3) is 0 Å². The van der Waals surface area contributed by atoms with Crippen molar-refractivity contribution in [2.24, 2.45) is 0 Å². The molecule has 0 aromatic carbocycles. The van der Waals surface area contributed by atoms with E-state index in [1.54, 1.807) is 0 Å². The molecule has 1 aliphatic rings. The SMILES string of the molecule is O=S1(=O)CCCN(C[B-](F)(F)F)CC1.[K+]. The van der Waals surface area contributed by atoms with Crippen LogP contribution in [0, 0.1) is 0 Å². The molecule has 0 aromatic heterocycles. The fourth-order valence-corrected chi connectivity index (χ4v) is 2.77. The van der Waals surface area contributed by atoms with E-state index < -0.39 is 23.3 Å². The minimum Gasteiger partial charge on any atom is -0.448 e. The monoisotopic (exact) mass is 269 g/mol. The molecule has 9 heteroatoms. The zero-order valence-electron chi connectivity index (χ0n) is 8.63. The maximum atomic E-state index is 12.0. The Morgan fingerprint density at radius 3 is 2.27 bits per heavy atom. The van der Waals surface area contributed by atoms with E-state index in [-0.39, 0.29) is 76.0 Å². The quantitative estimate of drug-likeness (QED) is 0.520. The number of halogens is 3. The van der Waals surface area contributed by atoms with E-state index in [1.165, 1.54) is 4.90 Å². The molecular weight excluding hydrogens is 257 g/mol. The van der Waals surface area contributed by atoms with Crippen LogP contribution in [0.5, 0.6) is 0 Å². The van der Waals surface area contributed by atoms with E-state index in [1.807, 2.05) is 0 Å². The summed E-state index contributed by atoms with van der Waals surface area (Å²) >= 11 is 0. The van der Waals surface area contributed by atoms with E-state index in [4.69, 9.17) is 0 Å². The molecule has 0 aromatic rings. The number of sulfone groups is 1. The van der Waals surface area contributed by atoms with Crippen LogP contribution in [-0.4, -0.2) is 51.3 Å². The molecule has 0 bridgehead atoms. The van der Waals surface area contributed by atoms with Crippen molar-refractivity contribution in [1.82, 2.24) is 4.90 Å². The van der Waals surface area contributed by atoms with Crippen molar-refractivity contribution in [2.75, 3.05) is 31.0 Å². The van der Waals surface area contributed by atoms with Gasteiger partial charge in [0.05, 0.1) is 11.5 Å². The van der Waals surface area contributed by atoms with Gasteiger partial charge in [0.15, 0.2) is 9.84 Å². The molecule has 84 valence electrons. The second-order valence-corrected chi connectivity index (χ2v) is 5.82.